The number of nitrogens with two attached hydrogens (primary N) is 1. The molecule has 0 saturated heterocycles. The summed E-state index contributed by atoms with van der Waals surface area (Å²) < 4.78 is 24.3. The zero-order valence-corrected chi connectivity index (χ0v) is 7.13. The van der Waals surface area contributed by atoms with Gasteiger partial charge in [0, 0.05) is 6.20 Å². The minimum Gasteiger partial charge on any atom is -0.383 e. The van der Waals surface area contributed by atoms with Crippen molar-refractivity contribution in [3.8, 4) is 0 Å². The average molecular weight is 199 g/mol. The summed E-state index contributed by atoms with van der Waals surface area (Å²) in [5.74, 6) is -0.819. The van der Waals surface area contributed by atoms with Crippen molar-refractivity contribution in [1.29, 1.82) is 0 Å². The molecule has 0 aliphatic carbocycles. The molecule has 1 aromatic rings. The highest BCUT2D eigenvalue weighted by Gasteiger charge is 2.34. The minimum absolute atomic E-state index is 0.0486. The van der Waals surface area contributed by atoms with Crippen LogP contribution in [0, 0.1) is 0 Å². The van der Waals surface area contributed by atoms with Crippen molar-refractivity contribution in [2.75, 3.05) is 5.73 Å². The van der Waals surface area contributed by atoms with Crippen molar-refractivity contribution < 1.29 is 13.2 Å². The molecule has 2 heterocycles. The number of nitrogen functional groups attached to an aromatic ring is 1. The van der Waals surface area contributed by atoms with E-state index in [0.717, 1.165) is 0 Å². The van der Waals surface area contributed by atoms with E-state index in [1.165, 1.54) is 12.3 Å². The zero-order chi connectivity index (χ0) is 9.64. The molecule has 7 heteroatoms. The van der Waals surface area contributed by atoms with Crippen LogP contribution in [0.1, 0.15) is 10.4 Å². The molecule has 68 valence electrons. The SMILES string of the molecule is Nc1nccc2c1S(=O)(=O)NC2=O. The monoisotopic (exact) mass is 199 g/mol. The zero-order valence-electron chi connectivity index (χ0n) is 6.31. The molecular weight excluding hydrogens is 194 g/mol. The third-order valence-corrected chi connectivity index (χ3v) is 3.09. The van der Waals surface area contributed by atoms with E-state index in [0.29, 0.717) is 0 Å². The lowest BCUT2D eigenvalue weighted by atomic mass is 10.2. The number of nitrogens with zero attached hydrogens (tertiary/aromatic N) is 1. The van der Waals surface area contributed by atoms with Crippen LogP contribution in [0.2, 0.25) is 0 Å². The first-order valence-corrected chi connectivity index (χ1v) is 4.82. The Labute approximate surface area is 73.8 Å². The summed E-state index contributed by atoms with van der Waals surface area (Å²) >= 11 is 0. The summed E-state index contributed by atoms with van der Waals surface area (Å²) in [4.78, 5) is 14.4. The number of sulfonamides is 1. The highest BCUT2D eigenvalue weighted by atomic mass is 32.2. The van der Waals surface area contributed by atoms with E-state index in [1.54, 1.807) is 0 Å². The molecule has 0 unspecified atom stereocenters. The van der Waals surface area contributed by atoms with Gasteiger partial charge in [-0.15, -0.1) is 0 Å². The summed E-state index contributed by atoms with van der Waals surface area (Å²) in [6.07, 6.45) is 1.29. The van der Waals surface area contributed by atoms with E-state index in [2.05, 4.69) is 4.98 Å². The number of carbonyl (C=O) groups excluding carboxylic acids is 1. The smallest absolute Gasteiger partial charge is 0.268 e. The third-order valence-electron chi connectivity index (χ3n) is 1.67. The van der Waals surface area contributed by atoms with Crippen LogP contribution >= 0.6 is 0 Å². The quantitative estimate of drug-likeness (QED) is 0.563. The van der Waals surface area contributed by atoms with E-state index in [4.69, 9.17) is 5.73 Å². The topological polar surface area (TPSA) is 102 Å². The lowest BCUT2D eigenvalue weighted by Gasteiger charge is -1.97. The maximum absolute atomic E-state index is 11.2. The van der Waals surface area contributed by atoms with Crippen LogP contribution in [-0.2, 0) is 10.0 Å². The largest absolute Gasteiger partial charge is 0.383 e. The van der Waals surface area contributed by atoms with Crippen LogP contribution in [0.5, 0.6) is 0 Å². The molecule has 0 aromatic carbocycles. The molecule has 6 nitrogen and oxygen atoms in total. The Morgan fingerprint density at radius 2 is 2.15 bits per heavy atom. The van der Waals surface area contributed by atoms with Gasteiger partial charge in [-0.3, -0.25) is 4.79 Å². The molecule has 0 spiro atoms. The van der Waals surface area contributed by atoms with Crippen LogP contribution in [0.4, 0.5) is 5.82 Å². The van der Waals surface area contributed by atoms with Gasteiger partial charge in [-0.2, -0.15) is 0 Å². The Balaban J connectivity index is 2.89. The second-order valence-corrected chi connectivity index (χ2v) is 4.13. The number of anilines is 1. The molecule has 3 N–H and O–H groups in total. The number of nitrogens with one attached hydrogen (secondary N) is 1. The normalized spacial score (nSPS) is 18.0. The Morgan fingerprint density at radius 3 is 2.77 bits per heavy atom. The number of fused-ring (bicyclic) bond motifs is 1. The number of rotatable bonds is 0. The number of pyridine rings is 1. The van der Waals surface area contributed by atoms with Gasteiger partial charge in [-0.05, 0) is 6.07 Å². The van der Waals surface area contributed by atoms with Crippen molar-refractivity contribution in [3.05, 3.63) is 17.8 Å². The first kappa shape index (κ1) is 7.99. The van der Waals surface area contributed by atoms with Crippen molar-refractivity contribution in [2.45, 2.75) is 4.90 Å². The standard InChI is InChI=1S/C6H5N3O3S/c7-5-4-3(1-2-8-5)6(10)9-13(4,11)12/h1-2H,(H2,7,8)(H,9,10). The molecule has 1 amide bonds. The maximum atomic E-state index is 11.2. The maximum Gasteiger partial charge on any atom is 0.268 e. The minimum atomic E-state index is -3.77. The Bertz CT molecular complexity index is 494. The van der Waals surface area contributed by atoms with Crippen LogP contribution in [0.3, 0.4) is 0 Å². The summed E-state index contributed by atoms with van der Waals surface area (Å²) in [6.45, 7) is 0. The van der Waals surface area contributed by atoms with Gasteiger partial charge in [0.15, 0.2) is 0 Å². The van der Waals surface area contributed by atoms with Crippen LogP contribution in [0.25, 0.3) is 0 Å². The number of aromatic nitrogens is 1. The second-order valence-electron chi connectivity index (χ2n) is 2.51. The van der Waals surface area contributed by atoms with Gasteiger partial charge in [0.2, 0.25) is 0 Å². The Hall–Kier alpha value is -1.63. The van der Waals surface area contributed by atoms with Crippen molar-refractivity contribution >= 4 is 21.7 Å². The molecule has 0 atom stereocenters. The third kappa shape index (κ3) is 0.970. The van der Waals surface area contributed by atoms with E-state index in [-0.39, 0.29) is 16.3 Å². The molecule has 1 aromatic heterocycles. The second kappa shape index (κ2) is 2.19. The van der Waals surface area contributed by atoms with Gasteiger partial charge >= 0.3 is 0 Å². The predicted molar refractivity (Wildman–Crippen MR) is 43.3 cm³/mol. The lowest BCUT2D eigenvalue weighted by Crippen LogP contribution is -2.21. The number of hydrogen-bond donors (Lipinski definition) is 2. The van der Waals surface area contributed by atoms with Crippen molar-refractivity contribution in [1.82, 2.24) is 9.71 Å². The summed E-state index contributed by atoms with van der Waals surface area (Å²) in [5.41, 5.74) is 5.38. The fourth-order valence-corrected chi connectivity index (χ4v) is 2.39. The fourth-order valence-electron chi connectivity index (χ4n) is 1.15. The van der Waals surface area contributed by atoms with Crippen LogP contribution in [-0.4, -0.2) is 19.3 Å². The van der Waals surface area contributed by atoms with E-state index in [1.807, 2.05) is 4.72 Å². The molecule has 0 fully saturated rings. The summed E-state index contributed by atoms with van der Waals surface area (Å²) in [7, 11) is -3.77. The van der Waals surface area contributed by atoms with Crippen molar-refractivity contribution in [3.63, 3.8) is 0 Å². The van der Waals surface area contributed by atoms with Crippen LogP contribution < -0.4 is 10.5 Å². The van der Waals surface area contributed by atoms with E-state index >= 15 is 0 Å². The number of amides is 1. The number of carbonyl (C=O) groups is 1. The molecular formula is C6H5N3O3S. The highest BCUT2D eigenvalue weighted by molar-refractivity contribution is 7.90. The lowest BCUT2D eigenvalue weighted by molar-refractivity contribution is 0.0985. The van der Waals surface area contributed by atoms with E-state index in [9.17, 15) is 13.2 Å². The number of hydrogen-bond acceptors (Lipinski definition) is 5. The molecule has 0 saturated carbocycles. The molecule has 2 rings (SSSR count). The predicted octanol–water partition coefficient (Wildman–Crippen LogP) is -0.904. The summed E-state index contributed by atoms with van der Waals surface area (Å²) in [5, 5.41) is 0. The van der Waals surface area contributed by atoms with Crippen molar-refractivity contribution in [2.24, 2.45) is 0 Å². The van der Waals surface area contributed by atoms with Gasteiger partial charge < -0.3 is 5.73 Å². The van der Waals surface area contributed by atoms with Gasteiger partial charge in [-0.1, -0.05) is 0 Å². The average Bonchev–Trinajstić information content (AvgIpc) is 2.24. The van der Waals surface area contributed by atoms with E-state index < -0.39 is 15.9 Å². The molecule has 1 aliphatic rings. The highest BCUT2D eigenvalue weighted by Crippen LogP contribution is 2.25. The Kier molecular flexibility index (Phi) is 1.35. The summed E-state index contributed by atoms with van der Waals surface area (Å²) in [6, 6.07) is 1.31. The van der Waals surface area contributed by atoms with Crippen LogP contribution in [0.15, 0.2) is 17.2 Å². The Morgan fingerprint density at radius 1 is 1.46 bits per heavy atom. The van der Waals surface area contributed by atoms with Gasteiger partial charge in [0.1, 0.15) is 10.7 Å². The van der Waals surface area contributed by atoms with Gasteiger partial charge in [0.25, 0.3) is 15.9 Å². The first-order chi connectivity index (χ1) is 6.02. The molecule has 0 bridgehead atoms. The molecule has 0 radical (unpaired) electrons. The fraction of sp³-hybridized carbons (Fsp3) is 0. The molecule has 13 heavy (non-hydrogen) atoms. The first-order valence-electron chi connectivity index (χ1n) is 3.34. The van der Waals surface area contributed by atoms with Gasteiger partial charge in [0.05, 0.1) is 5.56 Å². The molecule has 1 aliphatic heterocycles. The van der Waals surface area contributed by atoms with Gasteiger partial charge in [-0.25, -0.2) is 18.1 Å².